The maximum Gasteiger partial charge on any atom is 0.267 e. The Balaban J connectivity index is 1.66. The van der Waals surface area contributed by atoms with Gasteiger partial charge in [0.15, 0.2) is 11.5 Å². The van der Waals surface area contributed by atoms with Crippen LogP contribution in [0.5, 0.6) is 17.2 Å². The van der Waals surface area contributed by atoms with Gasteiger partial charge in [-0.3, -0.25) is 4.79 Å². The van der Waals surface area contributed by atoms with E-state index in [-0.39, 0.29) is 5.91 Å². The van der Waals surface area contributed by atoms with Crippen molar-refractivity contribution in [2.75, 3.05) is 32.4 Å². The van der Waals surface area contributed by atoms with E-state index in [4.69, 9.17) is 24.9 Å². The van der Waals surface area contributed by atoms with E-state index in [9.17, 15) is 4.79 Å². The Morgan fingerprint density at radius 2 is 1.90 bits per heavy atom. The number of benzene rings is 1. The van der Waals surface area contributed by atoms with Crippen LogP contribution >= 0.6 is 11.3 Å². The standard InChI is InChI=1S/C23H27N3O4S/c1-5-12-6-7-16-13(8-12)9-15-19(24)21(31-23(15)26-16)22(27)25-14-10-17(28-2)20(30-4)18(11-14)29-3/h9-12H,5-8,24H2,1-4H3,(H,25,27)/t12-/m0/s1. The Morgan fingerprint density at radius 1 is 1.19 bits per heavy atom. The van der Waals surface area contributed by atoms with E-state index in [0.717, 1.165) is 35.2 Å². The molecular formula is C23H27N3O4S. The van der Waals surface area contributed by atoms with Crippen molar-refractivity contribution < 1.29 is 19.0 Å². The summed E-state index contributed by atoms with van der Waals surface area (Å²) >= 11 is 1.32. The van der Waals surface area contributed by atoms with Gasteiger partial charge in [-0.15, -0.1) is 11.3 Å². The normalized spacial score (nSPS) is 15.4. The first kappa shape index (κ1) is 21.2. The van der Waals surface area contributed by atoms with E-state index in [1.165, 1.54) is 44.7 Å². The largest absolute Gasteiger partial charge is 0.493 e. The first-order valence-electron chi connectivity index (χ1n) is 10.3. The predicted octanol–water partition coefficient (Wildman–Crippen LogP) is 4.67. The number of fused-ring (bicyclic) bond motifs is 2. The molecule has 0 radical (unpaired) electrons. The third-order valence-corrected chi connectivity index (χ3v) is 7.01. The highest BCUT2D eigenvalue weighted by atomic mass is 32.1. The van der Waals surface area contributed by atoms with Gasteiger partial charge in [-0.1, -0.05) is 13.3 Å². The molecule has 2 aromatic heterocycles. The lowest BCUT2D eigenvalue weighted by atomic mass is 9.85. The number of amides is 1. The van der Waals surface area contributed by atoms with E-state index in [1.807, 2.05) is 0 Å². The summed E-state index contributed by atoms with van der Waals surface area (Å²) in [5.41, 5.74) is 9.78. The van der Waals surface area contributed by atoms with Gasteiger partial charge in [0.05, 0.1) is 27.0 Å². The molecule has 1 aliphatic rings. The zero-order valence-corrected chi connectivity index (χ0v) is 19.0. The topological polar surface area (TPSA) is 95.7 Å². The number of hydrogen-bond acceptors (Lipinski definition) is 7. The van der Waals surface area contributed by atoms with Crippen LogP contribution < -0.4 is 25.3 Å². The van der Waals surface area contributed by atoms with Crippen LogP contribution in [-0.4, -0.2) is 32.2 Å². The SMILES string of the molecule is CC[C@H]1CCc2nc3sc(C(=O)Nc4cc(OC)c(OC)c(OC)c4)c(N)c3cc2C1. The van der Waals surface area contributed by atoms with E-state index < -0.39 is 0 Å². The third-order valence-electron chi connectivity index (χ3n) is 5.89. The van der Waals surface area contributed by atoms with Crippen molar-refractivity contribution in [3.8, 4) is 17.2 Å². The molecule has 164 valence electrons. The van der Waals surface area contributed by atoms with Crippen LogP contribution in [-0.2, 0) is 12.8 Å². The number of nitrogen functional groups attached to an aromatic ring is 1. The van der Waals surface area contributed by atoms with Gasteiger partial charge in [-0.05, 0) is 36.8 Å². The summed E-state index contributed by atoms with van der Waals surface area (Å²) in [6.07, 6.45) is 4.34. The number of aryl methyl sites for hydroxylation is 1. The second-order valence-electron chi connectivity index (χ2n) is 7.68. The molecule has 1 amide bonds. The van der Waals surface area contributed by atoms with Crippen LogP contribution in [0.1, 0.15) is 40.7 Å². The fourth-order valence-electron chi connectivity index (χ4n) is 4.12. The van der Waals surface area contributed by atoms with Crippen LogP contribution in [0.4, 0.5) is 11.4 Å². The molecule has 0 unspecified atom stereocenters. The first-order chi connectivity index (χ1) is 15.0. The fraction of sp³-hybridized carbons (Fsp3) is 0.391. The summed E-state index contributed by atoms with van der Waals surface area (Å²) < 4.78 is 16.1. The van der Waals surface area contributed by atoms with Crippen molar-refractivity contribution in [1.82, 2.24) is 4.98 Å². The van der Waals surface area contributed by atoms with Gasteiger partial charge < -0.3 is 25.3 Å². The number of methoxy groups -OCH3 is 3. The Hall–Kier alpha value is -3.00. The lowest BCUT2D eigenvalue weighted by Gasteiger charge is -2.22. The number of aromatic nitrogens is 1. The molecule has 1 aliphatic carbocycles. The average Bonchev–Trinajstić information content (AvgIpc) is 3.11. The van der Waals surface area contributed by atoms with E-state index in [1.54, 1.807) is 12.1 Å². The van der Waals surface area contributed by atoms with Crippen LogP contribution in [0.2, 0.25) is 0 Å². The lowest BCUT2D eigenvalue weighted by molar-refractivity contribution is 0.103. The number of rotatable bonds is 6. The zero-order chi connectivity index (χ0) is 22.1. The van der Waals surface area contributed by atoms with Gasteiger partial charge in [0, 0.05) is 28.9 Å². The molecule has 4 rings (SSSR count). The fourth-order valence-corrected chi connectivity index (χ4v) is 5.12. The number of thiophene rings is 1. The summed E-state index contributed by atoms with van der Waals surface area (Å²) in [5, 5.41) is 3.75. The highest BCUT2D eigenvalue weighted by molar-refractivity contribution is 7.21. The molecule has 0 aliphatic heterocycles. The van der Waals surface area contributed by atoms with Crippen molar-refractivity contribution in [2.45, 2.75) is 32.6 Å². The number of carbonyl (C=O) groups is 1. The van der Waals surface area contributed by atoms with Crippen molar-refractivity contribution in [3.05, 3.63) is 34.3 Å². The Labute approximate surface area is 185 Å². The number of anilines is 2. The van der Waals surface area contributed by atoms with Crippen molar-refractivity contribution >= 4 is 38.8 Å². The van der Waals surface area contributed by atoms with Crippen molar-refractivity contribution in [2.24, 2.45) is 5.92 Å². The second kappa shape index (κ2) is 8.63. The van der Waals surface area contributed by atoms with Crippen LogP contribution in [0.3, 0.4) is 0 Å². The predicted molar refractivity (Wildman–Crippen MR) is 124 cm³/mol. The lowest BCUT2D eigenvalue weighted by Crippen LogP contribution is -2.14. The molecule has 7 nitrogen and oxygen atoms in total. The number of ether oxygens (including phenoxy) is 3. The van der Waals surface area contributed by atoms with Crippen LogP contribution in [0.15, 0.2) is 18.2 Å². The van der Waals surface area contributed by atoms with Gasteiger partial charge >= 0.3 is 0 Å². The molecule has 0 bridgehead atoms. The summed E-state index contributed by atoms with van der Waals surface area (Å²) in [5.74, 6) is 1.78. The van der Waals surface area contributed by atoms with Gasteiger partial charge in [-0.2, -0.15) is 0 Å². The highest BCUT2D eigenvalue weighted by Crippen LogP contribution is 2.41. The molecule has 1 atom stereocenters. The number of carbonyl (C=O) groups excluding carboxylic acids is 1. The molecule has 0 spiro atoms. The third kappa shape index (κ3) is 3.87. The molecule has 2 heterocycles. The number of pyridine rings is 1. The van der Waals surface area contributed by atoms with Gasteiger partial charge in [-0.25, -0.2) is 4.98 Å². The smallest absolute Gasteiger partial charge is 0.267 e. The maximum absolute atomic E-state index is 13.1. The minimum Gasteiger partial charge on any atom is -0.493 e. The second-order valence-corrected chi connectivity index (χ2v) is 8.68. The molecular weight excluding hydrogens is 414 g/mol. The number of hydrogen-bond donors (Lipinski definition) is 2. The van der Waals surface area contributed by atoms with E-state index >= 15 is 0 Å². The van der Waals surface area contributed by atoms with E-state index in [0.29, 0.717) is 39.4 Å². The Morgan fingerprint density at radius 3 is 2.52 bits per heavy atom. The van der Waals surface area contributed by atoms with Gasteiger partial charge in [0.25, 0.3) is 5.91 Å². The minimum atomic E-state index is -0.292. The quantitative estimate of drug-likeness (QED) is 0.577. The van der Waals surface area contributed by atoms with E-state index in [2.05, 4.69) is 18.3 Å². The number of nitrogens with one attached hydrogen (secondary N) is 1. The monoisotopic (exact) mass is 441 g/mol. The van der Waals surface area contributed by atoms with Crippen molar-refractivity contribution in [3.63, 3.8) is 0 Å². The Kier molecular flexibility index (Phi) is 5.91. The summed E-state index contributed by atoms with van der Waals surface area (Å²) in [6.45, 7) is 2.23. The Bertz CT molecular complexity index is 1120. The molecule has 0 saturated heterocycles. The van der Waals surface area contributed by atoms with Gasteiger partial charge in [0.1, 0.15) is 9.71 Å². The molecule has 31 heavy (non-hydrogen) atoms. The summed E-state index contributed by atoms with van der Waals surface area (Å²) in [4.78, 5) is 19.1. The molecule has 3 aromatic rings. The van der Waals surface area contributed by atoms with Crippen LogP contribution in [0.25, 0.3) is 10.2 Å². The summed E-state index contributed by atoms with van der Waals surface area (Å²) in [7, 11) is 4.60. The highest BCUT2D eigenvalue weighted by Gasteiger charge is 2.24. The van der Waals surface area contributed by atoms with Crippen LogP contribution in [0, 0.1) is 5.92 Å². The molecule has 3 N–H and O–H groups in total. The van der Waals surface area contributed by atoms with Gasteiger partial charge in [0.2, 0.25) is 5.75 Å². The first-order valence-corrected chi connectivity index (χ1v) is 11.1. The van der Waals surface area contributed by atoms with Crippen molar-refractivity contribution in [1.29, 1.82) is 0 Å². The molecule has 0 saturated carbocycles. The molecule has 0 fully saturated rings. The molecule has 8 heteroatoms. The minimum absolute atomic E-state index is 0.292. The maximum atomic E-state index is 13.1. The zero-order valence-electron chi connectivity index (χ0n) is 18.2. The molecule has 1 aromatic carbocycles. The number of nitrogens with zero attached hydrogens (tertiary/aromatic N) is 1. The average molecular weight is 442 g/mol. The number of nitrogens with two attached hydrogens (primary N) is 1. The summed E-state index contributed by atoms with van der Waals surface area (Å²) in [6, 6.07) is 5.50.